The van der Waals surface area contributed by atoms with Crippen LogP contribution in [-0.2, 0) is 6.42 Å². The van der Waals surface area contributed by atoms with E-state index < -0.39 is 0 Å². The van der Waals surface area contributed by atoms with Crippen LogP contribution in [0.1, 0.15) is 31.7 Å². The van der Waals surface area contributed by atoms with Crippen LogP contribution in [0.15, 0.2) is 18.2 Å². The van der Waals surface area contributed by atoms with Gasteiger partial charge in [0.1, 0.15) is 5.82 Å². The zero-order chi connectivity index (χ0) is 11.8. The normalized spacial score (nSPS) is 10.7. The van der Waals surface area contributed by atoms with E-state index in [1.807, 2.05) is 0 Å². The first-order valence-corrected chi connectivity index (χ1v) is 6.27. The fourth-order valence-corrected chi connectivity index (χ4v) is 1.80. The summed E-state index contributed by atoms with van der Waals surface area (Å²) in [5, 5.41) is 3.55. The molecule has 90 valence electrons. The van der Waals surface area contributed by atoms with Gasteiger partial charge < -0.3 is 5.32 Å². The Morgan fingerprint density at radius 3 is 2.81 bits per heavy atom. The maximum absolute atomic E-state index is 13.5. The molecule has 0 unspecified atom stereocenters. The van der Waals surface area contributed by atoms with Crippen LogP contribution < -0.4 is 5.32 Å². The highest BCUT2D eigenvalue weighted by molar-refractivity contribution is 6.30. The highest BCUT2D eigenvalue weighted by Crippen LogP contribution is 2.19. The van der Waals surface area contributed by atoms with Crippen molar-refractivity contribution in [2.24, 2.45) is 0 Å². The van der Waals surface area contributed by atoms with E-state index in [0.717, 1.165) is 44.3 Å². The van der Waals surface area contributed by atoms with Crippen molar-refractivity contribution in [2.75, 3.05) is 13.1 Å². The lowest BCUT2D eigenvalue weighted by Crippen LogP contribution is -2.15. The summed E-state index contributed by atoms with van der Waals surface area (Å²) in [6, 6.07) is 5.19. The van der Waals surface area contributed by atoms with Crippen molar-refractivity contribution in [3.63, 3.8) is 0 Å². The molecule has 0 spiro atoms. The third-order valence-electron chi connectivity index (χ3n) is 2.51. The summed E-state index contributed by atoms with van der Waals surface area (Å²) in [4.78, 5) is 0. The lowest BCUT2D eigenvalue weighted by Gasteiger charge is -2.05. The summed E-state index contributed by atoms with van der Waals surface area (Å²) in [5.41, 5.74) is 0.725. The average Bonchev–Trinajstić information content (AvgIpc) is 2.29. The van der Waals surface area contributed by atoms with Gasteiger partial charge in [0.15, 0.2) is 0 Å². The highest BCUT2D eigenvalue weighted by Gasteiger charge is 2.04. The molecule has 1 N–H and O–H groups in total. The molecule has 0 saturated heterocycles. The molecule has 0 aliphatic rings. The van der Waals surface area contributed by atoms with E-state index in [0.29, 0.717) is 0 Å². The third-order valence-corrected chi connectivity index (χ3v) is 2.80. The summed E-state index contributed by atoms with van der Waals surface area (Å²) < 4.78 is 13.5. The SMILES string of the molecule is CCCNCCCCc1cccc(Cl)c1F. The largest absolute Gasteiger partial charge is 0.317 e. The van der Waals surface area contributed by atoms with Crippen LogP contribution in [0.4, 0.5) is 4.39 Å². The molecule has 0 atom stereocenters. The van der Waals surface area contributed by atoms with E-state index in [-0.39, 0.29) is 10.8 Å². The fraction of sp³-hybridized carbons (Fsp3) is 0.538. The van der Waals surface area contributed by atoms with Gasteiger partial charge in [-0.25, -0.2) is 4.39 Å². The molecular weight excluding hydrogens is 225 g/mol. The number of unbranched alkanes of at least 4 members (excludes halogenated alkanes) is 1. The molecule has 0 bridgehead atoms. The van der Waals surface area contributed by atoms with E-state index in [1.165, 1.54) is 0 Å². The number of benzene rings is 1. The van der Waals surface area contributed by atoms with Crippen LogP contribution >= 0.6 is 11.6 Å². The van der Waals surface area contributed by atoms with Gasteiger partial charge in [0.2, 0.25) is 0 Å². The summed E-state index contributed by atoms with van der Waals surface area (Å²) in [5.74, 6) is -0.259. The van der Waals surface area contributed by atoms with Crippen molar-refractivity contribution in [1.82, 2.24) is 5.32 Å². The second kappa shape index (κ2) is 7.64. The van der Waals surface area contributed by atoms with Crippen molar-refractivity contribution in [3.8, 4) is 0 Å². The van der Waals surface area contributed by atoms with Crippen LogP contribution in [-0.4, -0.2) is 13.1 Å². The van der Waals surface area contributed by atoms with Crippen LogP contribution in [0.25, 0.3) is 0 Å². The van der Waals surface area contributed by atoms with Crippen molar-refractivity contribution in [2.45, 2.75) is 32.6 Å². The lowest BCUT2D eigenvalue weighted by atomic mass is 10.1. The van der Waals surface area contributed by atoms with Crippen molar-refractivity contribution in [1.29, 1.82) is 0 Å². The molecule has 3 heteroatoms. The molecule has 1 rings (SSSR count). The molecule has 0 aromatic heterocycles. The second-order valence-electron chi connectivity index (χ2n) is 3.92. The Hall–Kier alpha value is -0.600. The Labute approximate surface area is 102 Å². The monoisotopic (exact) mass is 243 g/mol. The maximum atomic E-state index is 13.5. The highest BCUT2D eigenvalue weighted by atomic mass is 35.5. The first kappa shape index (κ1) is 13.5. The number of rotatable bonds is 7. The molecule has 1 nitrogen and oxygen atoms in total. The van der Waals surface area contributed by atoms with Crippen LogP contribution in [0, 0.1) is 5.82 Å². The molecule has 0 saturated carbocycles. The summed E-state index contributed by atoms with van der Waals surface area (Å²) >= 11 is 5.71. The standard InChI is InChI=1S/C13H19ClFN/c1-2-9-16-10-4-3-6-11-7-5-8-12(14)13(11)15/h5,7-8,16H,2-4,6,9-10H2,1H3. The second-order valence-corrected chi connectivity index (χ2v) is 4.33. The average molecular weight is 244 g/mol. The number of nitrogens with one attached hydrogen (secondary N) is 1. The van der Waals surface area contributed by atoms with E-state index in [1.54, 1.807) is 18.2 Å². The Kier molecular flexibility index (Phi) is 6.43. The molecule has 0 aliphatic heterocycles. The predicted molar refractivity (Wildman–Crippen MR) is 67.5 cm³/mol. The first-order chi connectivity index (χ1) is 7.75. The van der Waals surface area contributed by atoms with Gasteiger partial charge in [-0.15, -0.1) is 0 Å². The van der Waals surface area contributed by atoms with E-state index in [4.69, 9.17) is 11.6 Å². The quantitative estimate of drug-likeness (QED) is 0.719. The Morgan fingerprint density at radius 2 is 2.06 bits per heavy atom. The number of halogens is 2. The minimum absolute atomic E-state index is 0.224. The van der Waals surface area contributed by atoms with Gasteiger partial charge in [0.25, 0.3) is 0 Å². The molecule has 1 aromatic carbocycles. The van der Waals surface area contributed by atoms with E-state index >= 15 is 0 Å². The Morgan fingerprint density at radius 1 is 1.25 bits per heavy atom. The lowest BCUT2D eigenvalue weighted by molar-refractivity contribution is 0.586. The molecule has 0 amide bonds. The number of hydrogen-bond acceptors (Lipinski definition) is 1. The first-order valence-electron chi connectivity index (χ1n) is 5.89. The topological polar surface area (TPSA) is 12.0 Å². The third kappa shape index (κ3) is 4.50. The van der Waals surface area contributed by atoms with Crippen molar-refractivity contribution in [3.05, 3.63) is 34.6 Å². The summed E-state index contributed by atoms with van der Waals surface area (Å²) in [6.45, 7) is 4.22. The van der Waals surface area contributed by atoms with E-state index in [9.17, 15) is 4.39 Å². The van der Waals surface area contributed by atoms with Gasteiger partial charge in [0.05, 0.1) is 5.02 Å². The number of hydrogen-bond donors (Lipinski definition) is 1. The van der Waals surface area contributed by atoms with Gasteiger partial charge in [-0.1, -0.05) is 30.7 Å². The molecule has 0 aliphatic carbocycles. The molecular formula is C13H19ClFN. The van der Waals surface area contributed by atoms with Gasteiger partial charge in [-0.2, -0.15) is 0 Å². The fourth-order valence-electron chi connectivity index (χ4n) is 1.61. The summed E-state index contributed by atoms with van der Waals surface area (Å²) in [6.07, 6.45) is 3.99. The van der Waals surface area contributed by atoms with E-state index in [2.05, 4.69) is 12.2 Å². The van der Waals surface area contributed by atoms with Crippen molar-refractivity contribution < 1.29 is 4.39 Å². The molecule has 16 heavy (non-hydrogen) atoms. The molecule has 0 fully saturated rings. The molecule has 1 aromatic rings. The van der Waals surface area contributed by atoms with Gasteiger partial charge in [-0.05, 0) is 50.4 Å². The predicted octanol–water partition coefficient (Wildman–Crippen LogP) is 3.80. The van der Waals surface area contributed by atoms with Gasteiger partial charge >= 0.3 is 0 Å². The number of aryl methyl sites for hydroxylation is 1. The van der Waals surface area contributed by atoms with Gasteiger partial charge in [0, 0.05) is 0 Å². The molecule has 0 heterocycles. The van der Waals surface area contributed by atoms with Crippen LogP contribution in [0.3, 0.4) is 0 Å². The Balaban J connectivity index is 2.24. The maximum Gasteiger partial charge on any atom is 0.144 e. The summed E-state index contributed by atoms with van der Waals surface area (Å²) in [7, 11) is 0. The zero-order valence-corrected chi connectivity index (χ0v) is 10.5. The smallest absolute Gasteiger partial charge is 0.144 e. The van der Waals surface area contributed by atoms with Crippen LogP contribution in [0.5, 0.6) is 0 Å². The van der Waals surface area contributed by atoms with Gasteiger partial charge in [-0.3, -0.25) is 0 Å². The zero-order valence-electron chi connectivity index (χ0n) is 9.73. The minimum atomic E-state index is -0.259. The van der Waals surface area contributed by atoms with Crippen LogP contribution in [0.2, 0.25) is 5.02 Å². The van der Waals surface area contributed by atoms with Crippen molar-refractivity contribution >= 4 is 11.6 Å². The molecule has 0 radical (unpaired) electrons. The Bertz CT molecular complexity index is 315. The minimum Gasteiger partial charge on any atom is -0.317 e.